The number of carbonyl (C=O) groups excluding carboxylic acids is 1. The topological polar surface area (TPSA) is 95.7 Å². The quantitative estimate of drug-likeness (QED) is 0.652. The first-order valence-corrected chi connectivity index (χ1v) is 11.1. The maximum Gasteiger partial charge on any atom is 0.238 e. The number of nitrogens with two attached hydrogens (primary N) is 1. The highest BCUT2D eigenvalue weighted by Gasteiger charge is 2.17. The van der Waals surface area contributed by atoms with Crippen molar-refractivity contribution in [3.63, 3.8) is 0 Å². The molecular weight excluding hydrogens is 388 g/mol. The van der Waals surface area contributed by atoms with Crippen LogP contribution in [0.25, 0.3) is 0 Å². The maximum absolute atomic E-state index is 12.6. The Morgan fingerprint density at radius 3 is 2.24 bits per heavy atom. The molecule has 0 aliphatic heterocycles. The highest BCUT2D eigenvalue weighted by molar-refractivity contribution is 7.89. The summed E-state index contributed by atoms with van der Waals surface area (Å²) in [6, 6.07) is 12.7. The lowest BCUT2D eigenvalue weighted by Crippen LogP contribution is -2.31. The average Bonchev–Trinajstić information content (AvgIpc) is 2.64. The Hall–Kier alpha value is -2.42. The Labute approximate surface area is 173 Å². The standard InChI is InChI=1S/C21H30N4O3S/c1-5-25(6-2)20-12-11-18(29(22,27)28)13-19(20)23-21(26)15-24(4)14-17-9-7-16(3)8-10-17/h7-13H,5-6,14-15H2,1-4H3,(H,23,26)(H2,22,27,28). The largest absolute Gasteiger partial charge is 0.370 e. The molecule has 0 unspecified atom stereocenters. The van der Waals surface area contributed by atoms with Crippen LogP contribution in [-0.2, 0) is 21.4 Å². The third kappa shape index (κ3) is 6.56. The van der Waals surface area contributed by atoms with Gasteiger partial charge < -0.3 is 10.2 Å². The van der Waals surface area contributed by atoms with Crippen molar-refractivity contribution in [3.05, 3.63) is 53.6 Å². The van der Waals surface area contributed by atoms with Crippen LogP contribution in [0.4, 0.5) is 11.4 Å². The van der Waals surface area contributed by atoms with E-state index in [0.29, 0.717) is 12.2 Å². The highest BCUT2D eigenvalue weighted by atomic mass is 32.2. The Bertz CT molecular complexity index is 939. The molecule has 8 heteroatoms. The van der Waals surface area contributed by atoms with Crippen LogP contribution in [0.1, 0.15) is 25.0 Å². The van der Waals surface area contributed by atoms with Crippen molar-refractivity contribution >= 4 is 27.3 Å². The third-order valence-corrected chi connectivity index (χ3v) is 5.57. The molecule has 0 heterocycles. The van der Waals surface area contributed by atoms with Gasteiger partial charge in [-0.3, -0.25) is 9.69 Å². The van der Waals surface area contributed by atoms with E-state index in [2.05, 4.69) is 5.32 Å². The fourth-order valence-electron chi connectivity index (χ4n) is 3.13. The van der Waals surface area contributed by atoms with Gasteiger partial charge in [0.05, 0.1) is 22.8 Å². The number of sulfonamides is 1. The molecule has 0 fully saturated rings. The van der Waals surface area contributed by atoms with Crippen molar-refractivity contribution in [1.82, 2.24) is 4.90 Å². The first kappa shape index (κ1) is 22.9. The average molecular weight is 419 g/mol. The van der Waals surface area contributed by atoms with E-state index >= 15 is 0 Å². The second-order valence-electron chi connectivity index (χ2n) is 7.10. The van der Waals surface area contributed by atoms with E-state index in [0.717, 1.165) is 24.3 Å². The summed E-state index contributed by atoms with van der Waals surface area (Å²) in [4.78, 5) is 16.5. The molecule has 0 atom stereocenters. The van der Waals surface area contributed by atoms with Crippen molar-refractivity contribution in [3.8, 4) is 0 Å². The fraction of sp³-hybridized carbons (Fsp3) is 0.381. The van der Waals surface area contributed by atoms with E-state index in [1.165, 1.54) is 17.7 Å². The first-order chi connectivity index (χ1) is 13.6. The van der Waals surface area contributed by atoms with E-state index in [9.17, 15) is 13.2 Å². The van der Waals surface area contributed by atoms with Crippen LogP contribution in [0.5, 0.6) is 0 Å². The zero-order valence-electron chi connectivity index (χ0n) is 17.5. The summed E-state index contributed by atoms with van der Waals surface area (Å²) >= 11 is 0. The second-order valence-corrected chi connectivity index (χ2v) is 8.66. The van der Waals surface area contributed by atoms with Gasteiger partial charge in [0.2, 0.25) is 15.9 Å². The van der Waals surface area contributed by atoms with Gasteiger partial charge in [-0.2, -0.15) is 0 Å². The van der Waals surface area contributed by atoms with Gasteiger partial charge in [-0.15, -0.1) is 0 Å². The molecule has 2 rings (SSSR count). The lowest BCUT2D eigenvalue weighted by Gasteiger charge is -2.25. The number of aryl methyl sites for hydroxylation is 1. The zero-order chi connectivity index (χ0) is 21.6. The summed E-state index contributed by atoms with van der Waals surface area (Å²) in [7, 11) is -2.00. The fourth-order valence-corrected chi connectivity index (χ4v) is 3.67. The Balaban J connectivity index is 2.17. The molecule has 0 saturated carbocycles. The molecular formula is C21H30N4O3S. The number of carbonyl (C=O) groups is 1. The first-order valence-electron chi connectivity index (χ1n) is 9.59. The van der Waals surface area contributed by atoms with Crippen LogP contribution in [0, 0.1) is 6.92 Å². The van der Waals surface area contributed by atoms with Crippen LogP contribution in [0.15, 0.2) is 47.4 Å². The number of rotatable bonds is 9. The van der Waals surface area contributed by atoms with E-state index in [1.54, 1.807) is 6.07 Å². The van der Waals surface area contributed by atoms with Crippen LogP contribution in [0.3, 0.4) is 0 Å². The van der Waals surface area contributed by atoms with E-state index < -0.39 is 10.0 Å². The third-order valence-electron chi connectivity index (χ3n) is 4.66. The van der Waals surface area contributed by atoms with Crippen LogP contribution in [-0.4, -0.2) is 45.9 Å². The normalized spacial score (nSPS) is 11.5. The zero-order valence-corrected chi connectivity index (χ0v) is 18.3. The lowest BCUT2D eigenvalue weighted by atomic mass is 10.1. The molecule has 7 nitrogen and oxygen atoms in total. The number of primary sulfonamides is 1. The van der Waals surface area contributed by atoms with E-state index in [4.69, 9.17) is 5.14 Å². The molecule has 0 aliphatic rings. The number of benzene rings is 2. The van der Waals surface area contributed by atoms with Crippen molar-refractivity contribution < 1.29 is 13.2 Å². The van der Waals surface area contributed by atoms with Crippen molar-refractivity contribution in [2.45, 2.75) is 32.2 Å². The second kappa shape index (κ2) is 9.87. The number of nitrogens with one attached hydrogen (secondary N) is 1. The predicted octanol–water partition coefficient (Wildman–Crippen LogP) is 2.56. The van der Waals surface area contributed by atoms with Crippen LogP contribution in [0.2, 0.25) is 0 Å². The molecule has 0 aromatic heterocycles. The Morgan fingerprint density at radius 1 is 1.07 bits per heavy atom. The molecule has 0 saturated heterocycles. The van der Waals surface area contributed by atoms with Gasteiger partial charge in [-0.25, -0.2) is 13.6 Å². The monoisotopic (exact) mass is 418 g/mol. The van der Waals surface area contributed by atoms with Crippen LogP contribution >= 0.6 is 0 Å². The molecule has 0 bridgehead atoms. The summed E-state index contributed by atoms with van der Waals surface area (Å²) in [5, 5.41) is 8.12. The Morgan fingerprint density at radius 2 is 1.69 bits per heavy atom. The summed E-state index contributed by atoms with van der Waals surface area (Å²) < 4.78 is 23.5. The van der Waals surface area contributed by atoms with E-state index in [-0.39, 0.29) is 17.3 Å². The SMILES string of the molecule is CCN(CC)c1ccc(S(N)(=O)=O)cc1NC(=O)CN(C)Cc1ccc(C)cc1. The van der Waals surface area contributed by atoms with Gasteiger partial charge in [0.25, 0.3) is 0 Å². The number of hydrogen-bond acceptors (Lipinski definition) is 5. The maximum atomic E-state index is 12.6. The summed E-state index contributed by atoms with van der Waals surface area (Å²) in [5.41, 5.74) is 3.50. The summed E-state index contributed by atoms with van der Waals surface area (Å²) in [6.07, 6.45) is 0. The van der Waals surface area contributed by atoms with Gasteiger partial charge in [-0.05, 0) is 51.6 Å². The molecule has 29 heavy (non-hydrogen) atoms. The minimum atomic E-state index is -3.86. The lowest BCUT2D eigenvalue weighted by molar-refractivity contribution is -0.117. The molecule has 158 valence electrons. The number of amides is 1. The van der Waals surface area contributed by atoms with Gasteiger partial charge in [0, 0.05) is 19.6 Å². The summed E-state index contributed by atoms with van der Waals surface area (Å²) in [5.74, 6) is -0.223. The predicted molar refractivity (Wildman–Crippen MR) is 118 cm³/mol. The number of anilines is 2. The number of hydrogen-bond donors (Lipinski definition) is 2. The van der Waals surface area contributed by atoms with Gasteiger partial charge in [-0.1, -0.05) is 29.8 Å². The number of nitrogens with zero attached hydrogens (tertiary/aromatic N) is 2. The van der Waals surface area contributed by atoms with Gasteiger partial charge in [0.1, 0.15) is 0 Å². The number of likely N-dealkylation sites (N-methyl/N-ethyl adjacent to an activating group) is 1. The molecule has 3 N–H and O–H groups in total. The van der Waals surface area contributed by atoms with Crippen LogP contribution < -0.4 is 15.4 Å². The van der Waals surface area contributed by atoms with E-state index in [1.807, 2.05) is 61.9 Å². The molecule has 0 spiro atoms. The minimum Gasteiger partial charge on any atom is -0.370 e. The summed E-state index contributed by atoms with van der Waals surface area (Å²) in [6.45, 7) is 8.28. The van der Waals surface area contributed by atoms with Gasteiger partial charge >= 0.3 is 0 Å². The molecule has 0 radical (unpaired) electrons. The molecule has 1 amide bonds. The van der Waals surface area contributed by atoms with Crippen molar-refractivity contribution in [1.29, 1.82) is 0 Å². The van der Waals surface area contributed by atoms with Crippen molar-refractivity contribution in [2.75, 3.05) is 36.9 Å². The minimum absolute atomic E-state index is 0.0308. The Kier molecular flexibility index (Phi) is 7.78. The smallest absolute Gasteiger partial charge is 0.238 e. The highest BCUT2D eigenvalue weighted by Crippen LogP contribution is 2.28. The van der Waals surface area contributed by atoms with Gasteiger partial charge in [0.15, 0.2) is 0 Å². The molecule has 2 aromatic carbocycles. The molecule has 0 aliphatic carbocycles. The van der Waals surface area contributed by atoms with Crippen molar-refractivity contribution in [2.24, 2.45) is 5.14 Å². The molecule has 2 aromatic rings.